The Kier molecular flexibility index (Phi) is 4.32. The number of carbonyl (C=O) groups excluding carboxylic acids is 1. The fraction of sp³-hybridized carbons (Fsp3) is 0.500. The Morgan fingerprint density at radius 1 is 1.36 bits per heavy atom. The highest BCUT2D eigenvalue weighted by Gasteiger charge is 2.32. The standard InChI is InChI=1S/C18H22N2O3S2/c1-12-18-15(14-4-2-3-5-16(14)19-18)6-8-20(12)17(21)10-24-13-7-9-25(22,23)11-13/h2-5,12-13,19H,6-11H2,1H3/t12-,13+/m0/s1. The molecule has 1 saturated heterocycles. The van der Waals surface area contributed by atoms with Gasteiger partial charge in [0.05, 0.1) is 23.3 Å². The summed E-state index contributed by atoms with van der Waals surface area (Å²) in [5, 5.41) is 1.32. The summed E-state index contributed by atoms with van der Waals surface area (Å²) in [4.78, 5) is 18.1. The highest BCUT2D eigenvalue weighted by Crippen LogP contribution is 2.35. The molecule has 7 heteroatoms. The summed E-state index contributed by atoms with van der Waals surface area (Å²) in [6.45, 7) is 2.79. The molecule has 1 aromatic carbocycles. The lowest BCUT2D eigenvalue weighted by Crippen LogP contribution is -2.40. The van der Waals surface area contributed by atoms with Gasteiger partial charge in [-0.05, 0) is 31.4 Å². The number of nitrogens with zero attached hydrogens (tertiary/aromatic N) is 1. The first kappa shape index (κ1) is 17.0. The maximum atomic E-state index is 12.7. The van der Waals surface area contributed by atoms with E-state index < -0.39 is 9.84 Å². The van der Waals surface area contributed by atoms with Gasteiger partial charge in [0.15, 0.2) is 9.84 Å². The summed E-state index contributed by atoms with van der Waals surface area (Å²) in [5.74, 6) is 0.940. The van der Waals surface area contributed by atoms with Gasteiger partial charge in [0.2, 0.25) is 5.91 Å². The summed E-state index contributed by atoms with van der Waals surface area (Å²) >= 11 is 1.50. The van der Waals surface area contributed by atoms with Gasteiger partial charge in [-0.2, -0.15) is 0 Å². The second kappa shape index (κ2) is 6.36. The number of sulfone groups is 1. The van der Waals surface area contributed by atoms with Crippen molar-refractivity contribution in [1.29, 1.82) is 0 Å². The van der Waals surface area contributed by atoms with E-state index in [1.807, 2.05) is 17.0 Å². The molecule has 0 saturated carbocycles. The third-order valence-electron chi connectivity index (χ3n) is 5.29. The number of rotatable bonds is 3. The first-order chi connectivity index (χ1) is 11.9. The van der Waals surface area contributed by atoms with Crippen LogP contribution in [-0.4, -0.2) is 53.3 Å². The average molecular weight is 379 g/mol. The van der Waals surface area contributed by atoms with Crippen molar-refractivity contribution in [1.82, 2.24) is 9.88 Å². The van der Waals surface area contributed by atoms with Crippen LogP contribution in [-0.2, 0) is 21.1 Å². The van der Waals surface area contributed by atoms with Gasteiger partial charge in [0, 0.05) is 28.4 Å². The van der Waals surface area contributed by atoms with Gasteiger partial charge in [-0.25, -0.2) is 8.42 Å². The van der Waals surface area contributed by atoms with Crippen molar-refractivity contribution in [3.05, 3.63) is 35.5 Å². The molecular formula is C18H22N2O3S2. The third-order valence-corrected chi connectivity index (χ3v) is 8.55. The van der Waals surface area contributed by atoms with Gasteiger partial charge < -0.3 is 9.88 Å². The molecule has 5 nitrogen and oxygen atoms in total. The van der Waals surface area contributed by atoms with Crippen molar-refractivity contribution in [2.45, 2.75) is 31.1 Å². The van der Waals surface area contributed by atoms with Crippen LogP contribution in [0, 0.1) is 0 Å². The van der Waals surface area contributed by atoms with E-state index >= 15 is 0 Å². The van der Waals surface area contributed by atoms with Crippen molar-refractivity contribution >= 4 is 38.4 Å². The van der Waals surface area contributed by atoms with E-state index in [4.69, 9.17) is 0 Å². The molecule has 1 aromatic heterocycles. The highest BCUT2D eigenvalue weighted by atomic mass is 32.2. The van der Waals surface area contributed by atoms with Crippen LogP contribution in [0.1, 0.15) is 30.6 Å². The number of hydrogen-bond donors (Lipinski definition) is 1. The number of hydrogen-bond acceptors (Lipinski definition) is 4. The number of aromatic amines is 1. The van der Waals surface area contributed by atoms with Gasteiger partial charge in [-0.3, -0.25) is 4.79 Å². The summed E-state index contributed by atoms with van der Waals surface area (Å²) in [7, 11) is -2.88. The minimum Gasteiger partial charge on any atom is -0.356 e. The number of H-pyrrole nitrogens is 1. The van der Waals surface area contributed by atoms with Crippen LogP contribution in [0.25, 0.3) is 10.9 Å². The zero-order valence-corrected chi connectivity index (χ0v) is 15.8. The summed E-state index contributed by atoms with van der Waals surface area (Å²) in [6, 6.07) is 8.29. The Morgan fingerprint density at radius 3 is 2.92 bits per heavy atom. The second-order valence-corrected chi connectivity index (χ2v) is 10.4. The van der Waals surface area contributed by atoms with E-state index in [1.54, 1.807) is 0 Å². The topological polar surface area (TPSA) is 70.2 Å². The van der Waals surface area contributed by atoms with Crippen molar-refractivity contribution in [2.75, 3.05) is 23.8 Å². The zero-order chi connectivity index (χ0) is 17.6. The molecule has 134 valence electrons. The zero-order valence-electron chi connectivity index (χ0n) is 14.2. The van der Waals surface area contributed by atoms with E-state index in [9.17, 15) is 13.2 Å². The van der Waals surface area contributed by atoms with E-state index in [2.05, 4.69) is 24.0 Å². The number of thioether (sulfide) groups is 1. The maximum Gasteiger partial charge on any atom is 0.233 e. The number of nitrogens with one attached hydrogen (secondary N) is 1. The number of benzene rings is 1. The van der Waals surface area contributed by atoms with E-state index in [1.165, 1.54) is 22.7 Å². The van der Waals surface area contributed by atoms with Crippen LogP contribution < -0.4 is 0 Å². The Balaban J connectivity index is 1.46. The first-order valence-electron chi connectivity index (χ1n) is 8.65. The van der Waals surface area contributed by atoms with E-state index in [-0.39, 0.29) is 28.7 Å². The van der Waals surface area contributed by atoms with Crippen LogP contribution >= 0.6 is 11.8 Å². The molecule has 2 aromatic rings. The molecule has 25 heavy (non-hydrogen) atoms. The van der Waals surface area contributed by atoms with Crippen LogP contribution in [0.2, 0.25) is 0 Å². The van der Waals surface area contributed by atoms with E-state index in [0.717, 1.165) is 24.2 Å². The molecule has 0 spiro atoms. The molecule has 0 unspecified atom stereocenters. The highest BCUT2D eigenvalue weighted by molar-refractivity contribution is 8.02. The fourth-order valence-electron chi connectivity index (χ4n) is 3.93. The first-order valence-corrected chi connectivity index (χ1v) is 11.5. The van der Waals surface area contributed by atoms with Crippen molar-refractivity contribution < 1.29 is 13.2 Å². The van der Waals surface area contributed by atoms with Gasteiger partial charge in [0.25, 0.3) is 0 Å². The minimum absolute atomic E-state index is 0.0246. The predicted octanol–water partition coefficient (Wildman–Crippen LogP) is 2.53. The number of fused-ring (bicyclic) bond motifs is 3. The molecule has 1 fully saturated rings. The Hall–Kier alpha value is -1.47. The van der Waals surface area contributed by atoms with Crippen LogP contribution in [0.15, 0.2) is 24.3 Å². The maximum absolute atomic E-state index is 12.7. The predicted molar refractivity (Wildman–Crippen MR) is 102 cm³/mol. The van der Waals surface area contributed by atoms with Crippen LogP contribution in [0.5, 0.6) is 0 Å². The van der Waals surface area contributed by atoms with Gasteiger partial charge in [-0.1, -0.05) is 18.2 Å². The molecule has 2 aliphatic heterocycles. The third kappa shape index (κ3) is 3.19. The Bertz CT molecular complexity index is 920. The lowest BCUT2D eigenvalue weighted by molar-refractivity contribution is -0.130. The van der Waals surface area contributed by atoms with Gasteiger partial charge in [-0.15, -0.1) is 11.8 Å². The number of carbonyl (C=O) groups is 1. The smallest absolute Gasteiger partial charge is 0.233 e. The van der Waals surface area contributed by atoms with Crippen LogP contribution in [0.4, 0.5) is 0 Å². The molecular weight excluding hydrogens is 356 g/mol. The van der Waals surface area contributed by atoms with Gasteiger partial charge in [0.1, 0.15) is 0 Å². The summed E-state index contributed by atoms with van der Waals surface area (Å²) in [6.07, 6.45) is 1.53. The molecule has 3 heterocycles. The lowest BCUT2D eigenvalue weighted by atomic mass is 9.98. The van der Waals surface area contributed by atoms with Crippen molar-refractivity contribution in [2.24, 2.45) is 0 Å². The monoisotopic (exact) mass is 378 g/mol. The fourth-order valence-corrected chi connectivity index (χ4v) is 7.46. The molecule has 2 aliphatic rings. The lowest BCUT2D eigenvalue weighted by Gasteiger charge is -2.33. The molecule has 0 bridgehead atoms. The molecule has 0 radical (unpaired) electrons. The van der Waals surface area contributed by atoms with Crippen molar-refractivity contribution in [3.63, 3.8) is 0 Å². The van der Waals surface area contributed by atoms with Gasteiger partial charge >= 0.3 is 0 Å². The van der Waals surface area contributed by atoms with Crippen molar-refractivity contribution in [3.8, 4) is 0 Å². The minimum atomic E-state index is -2.88. The second-order valence-electron chi connectivity index (χ2n) is 6.91. The Morgan fingerprint density at radius 2 is 2.16 bits per heavy atom. The largest absolute Gasteiger partial charge is 0.356 e. The molecule has 2 atom stereocenters. The average Bonchev–Trinajstić information content (AvgIpc) is 3.13. The quantitative estimate of drug-likeness (QED) is 0.891. The molecule has 0 aliphatic carbocycles. The summed E-state index contributed by atoms with van der Waals surface area (Å²) < 4.78 is 23.1. The molecule has 1 amide bonds. The normalized spacial score (nSPS) is 25.2. The summed E-state index contributed by atoms with van der Waals surface area (Å²) in [5.41, 5.74) is 3.58. The molecule has 1 N–H and O–H groups in total. The number of aromatic nitrogens is 1. The molecule has 4 rings (SSSR count). The van der Waals surface area contributed by atoms with E-state index in [0.29, 0.717) is 12.2 Å². The SMILES string of the molecule is C[C@H]1c2[nH]c3ccccc3c2CCN1C(=O)CS[C@@H]1CCS(=O)(=O)C1. The number of para-hydroxylation sites is 1. The van der Waals surface area contributed by atoms with Crippen LogP contribution in [0.3, 0.4) is 0 Å². The number of amides is 1. The Labute approximate surface area is 152 Å².